The van der Waals surface area contributed by atoms with Crippen molar-refractivity contribution in [1.29, 1.82) is 0 Å². The Balaban J connectivity index is 1.92. The second-order valence-electron chi connectivity index (χ2n) is 4.98. The van der Waals surface area contributed by atoms with Gasteiger partial charge in [0.05, 0.1) is 18.5 Å². The van der Waals surface area contributed by atoms with Crippen LogP contribution in [0, 0.1) is 0 Å². The van der Waals surface area contributed by atoms with E-state index in [0.717, 1.165) is 38.7 Å². The Bertz CT molecular complexity index is 799. The van der Waals surface area contributed by atoms with Crippen LogP contribution in [0.15, 0.2) is 53.0 Å². The summed E-state index contributed by atoms with van der Waals surface area (Å²) in [7, 11) is 1.68. The van der Waals surface area contributed by atoms with Gasteiger partial charge in [-0.2, -0.15) is 0 Å². The van der Waals surface area contributed by atoms with E-state index in [1.807, 2.05) is 36.4 Å². The summed E-state index contributed by atoms with van der Waals surface area (Å²) in [6, 6.07) is 16.1. The molecule has 0 saturated heterocycles. The van der Waals surface area contributed by atoms with E-state index in [1.54, 1.807) is 18.4 Å². The van der Waals surface area contributed by atoms with Crippen molar-refractivity contribution in [3.63, 3.8) is 0 Å². The molecule has 0 unspecified atom stereocenters. The van der Waals surface area contributed by atoms with Crippen LogP contribution in [0.2, 0.25) is 0 Å². The van der Waals surface area contributed by atoms with Crippen LogP contribution in [0.5, 0.6) is 5.75 Å². The molecular weight excluding hydrogens is 372 g/mol. The van der Waals surface area contributed by atoms with Crippen LogP contribution in [0.1, 0.15) is 11.8 Å². The predicted octanol–water partition coefficient (Wildman–Crippen LogP) is 5.89. The number of aryl methyl sites for hydroxylation is 1. The third-order valence-electron chi connectivity index (χ3n) is 3.50. The van der Waals surface area contributed by atoms with Crippen molar-refractivity contribution in [2.45, 2.75) is 13.3 Å². The normalized spacial score (nSPS) is 10.6. The zero-order valence-corrected chi connectivity index (χ0v) is 15.4. The molecule has 0 aliphatic carbocycles. The van der Waals surface area contributed by atoms with Crippen LogP contribution in [-0.4, -0.2) is 12.1 Å². The van der Waals surface area contributed by atoms with Crippen molar-refractivity contribution < 1.29 is 4.74 Å². The van der Waals surface area contributed by atoms with E-state index in [-0.39, 0.29) is 0 Å². The molecule has 0 atom stereocenters. The van der Waals surface area contributed by atoms with E-state index in [0.29, 0.717) is 0 Å². The number of hydrogen-bond acceptors (Lipinski definition) is 4. The second kappa shape index (κ2) is 7.15. The van der Waals surface area contributed by atoms with Gasteiger partial charge in [-0.05, 0) is 58.7 Å². The molecule has 0 aliphatic heterocycles. The number of thiazole rings is 1. The van der Waals surface area contributed by atoms with E-state index in [2.05, 4.69) is 40.3 Å². The first-order valence-corrected chi connectivity index (χ1v) is 8.98. The minimum atomic E-state index is 0.855. The molecule has 0 bridgehead atoms. The fourth-order valence-corrected chi connectivity index (χ4v) is 3.62. The average Bonchev–Trinajstić information content (AvgIpc) is 3.00. The molecule has 3 rings (SSSR count). The van der Waals surface area contributed by atoms with Crippen LogP contribution in [0.25, 0.3) is 11.3 Å². The lowest BCUT2D eigenvalue weighted by molar-refractivity contribution is 0.415. The lowest BCUT2D eigenvalue weighted by Gasteiger charge is -2.04. The summed E-state index contributed by atoms with van der Waals surface area (Å²) in [6.45, 7) is 2.16. The number of nitrogens with zero attached hydrogens (tertiary/aromatic N) is 1. The fraction of sp³-hybridized carbons (Fsp3) is 0.167. The number of nitrogens with one attached hydrogen (secondary N) is 1. The first-order valence-electron chi connectivity index (χ1n) is 7.37. The molecule has 0 spiro atoms. The summed E-state index contributed by atoms with van der Waals surface area (Å²) in [5, 5.41) is 4.30. The predicted molar refractivity (Wildman–Crippen MR) is 101 cm³/mol. The van der Waals surface area contributed by atoms with E-state index in [9.17, 15) is 0 Å². The maximum atomic E-state index is 5.22. The third kappa shape index (κ3) is 3.57. The molecule has 5 heteroatoms. The minimum Gasteiger partial charge on any atom is -0.497 e. The Labute approximate surface area is 148 Å². The smallest absolute Gasteiger partial charge is 0.188 e. The van der Waals surface area contributed by atoms with Crippen molar-refractivity contribution in [1.82, 2.24) is 4.98 Å². The Kier molecular flexibility index (Phi) is 4.98. The van der Waals surface area contributed by atoms with E-state index < -0.39 is 0 Å². The van der Waals surface area contributed by atoms with Gasteiger partial charge >= 0.3 is 0 Å². The minimum absolute atomic E-state index is 0.855. The Morgan fingerprint density at radius 1 is 1.13 bits per heavy atom. The number of halogens is 1. The SMILES string of the molecule is CCc1sc(Nc2ccccc2Br)nc1-c1ccc(OC)cc1. The fourth-order valence-electron chi connectivity index (χ4n) is 2.30. The summed E-state index contributed by atoms with van der Waals surface area (Å²) in [5.74, 6) is 0.855. The molecule has 0 amide bonds. The first-order chi connectivity index (χ1) is 11.2. The van der Waals surface area contributed by atoms with Gasteiger partial charge in [0, 0.05) is 14.9 Å². The van der Waals surface area contributed by atoms with Crippen molar-refractivity contribution in [2.24, 2.45) is 0 Å². The molecule has 3 nitrogen and oxygen atoms in total. The highest BCUT2D eigenvalue weighted by molar-refractivity contribution is 9.10. The average molecular weight is 389 g/mol. The Morgan fingerprint density at radius 3 is 2.52 bits per heavy atom. The number of ether oxygens (including phenoxy) is 1. The molecule has 1 aromatic heterocycles. The molecule has 1 heterocycles. The van der Waals surface area contributed by atoms with Gasteiger partial charge in [-0.1, -0.05) is 19.1 Å². The zero-order valence-electron chi connectivity index (χ0n) is 13.0. The number of anilines is 2. The number of methoxy groups -OCH3 is 1. The molecule has 3 aromatic rings. The van der Waals surface area contributed by atoms with Crippen LogP contribution >= 0.6 is 27.3 Å². The monoisotopic (exact) mass is 388 g/mol. The highest BCUT2D eigenvalue weighted by atomic mass is 79.9. The lowest BCUT2D eigenvalue weighted by atomic mass is 10.1. The number of rotatable bonds is 5. The van der Waals surface area contributed by atoms with Crippen LogP contribution < -0.4 is 10.1 Å². The largest absolute Gasteiger partial charge is 0.497 e. The standard InChI is InChI=1S/C18H17BrN2OS/c1-3-16-17(12-8-10-13(22-2)11-9-12)21-18(23-16)20-15-7-5-4-6-14(15)19/h4-11H,3H2,1-2H3,(H,20,21). The Hall–Kier alpha value is -1.85. The molecule has 0 fully saturated rings. The number of hydrogen-bond donors (Lipinski definition) is 1. The summed E-state index contributed by atoms with van der Waals surface area (Å²) >= 11 is 5.25. The van der Waals surface area contributed by atoms with Crippen LogP contribution in [-0.2, 0) is 6.42 Å². The maximum absolute atomic E-state index is 5.22. The lowest BCUT2D eigenvalue weighted by Crippen LogP contribution is -1.90. The number of benzene rings is 2. The molecule has 23 heavy (non-hydrogen) atoms. The van der Waals surface area contributed by atoms with Gasteiger partial charge in [-0.25, -0.2) is 4.98 Å². The zero-order chi connectivity index (χ0) is 16.2. The van der Waals surface area contributed by atoms with Gasteiger partial charge in [-0.15, -0.1) is 11.3 Å². The van der Waals surface area contributed by atoms with Crippen LogP contribution in [0.4, 0.5) is 10.8 Å². The highest BCUT2D eigenvalue weighted by Crippen LogP contribution is 2.35. The van der Waals surface area contributed by atoms with Crippen molar-refractivity contribution in [3.05, 3.63) is 57.9 Å². The van der Waals surface area contributed by atoms with Gasteiger partial charge in [0.25, 0.3) is 0 Å². The number of para-hydroxylation sites is 1. The van der Waals surface area contributed by atoms with Gasteiger partial charge in [0.15, 0.2) is 5.13 Å². The Morgan fingerprint density at radius 2 is 1.87 bits per heavy atom. The quantitative estimate of drug-likeness (QED) is 0.591. The molecule has 118 valence electrons. The van der Waals surface area contributed by atoms with E-state index in [1.165, 1.54) is 4.88 Å². The topological polar surface area (TPSA) is 34.2 Å². The van der Waals surface area contributed by atoms with Gasteiger partial charge < -0.3 is 10.1 Å². The van der Waals surface area contributed by atoms with Gasteiger partial charge in [0.1, 0.15) is 5.75 Å². The van der Waals surface area contributed by atoms with E-state index in [4.69, 9.17) is 9.72 Å². The molecule has 0 saturated carbocycles. The molecule has 0 aliphatic rings. The summed E-state index contributed by atoms with van der Waals surface area (Å²) < 4.78 is 6.25. The van der Waals surface area contributed by atoms with Crippen molar-refractivity contribution >= 4 is 38.1 Å². The van der Waals surface area contributed by atoms with Gasteiger partial charge in [0.2, 0.25) is 0 Å². The first kappa shape index (κ1) is 16.0. The number of aromatic nitrogens is 1. The molecule has 2 aromatic carbocycles. The molecule has 0 radical (unpaired) electrons. The third-order valence-corrected chi connectivity index (χ3v) is 5.30. The van der Waals surface area contributed by atoms with Crippen molar-refractivity contribution in [2.75, 3.05) is 12.4 Å². The van der Waals surface area contributed by atoms with Crippen molar-refractivity contribution in [3.8, 4) is 17.0 Å². The maximum Gasteiger partial charge on any atom is 0.188 e. The van der Waals surface area contributed by atoms with E-state index >= 15 is 0 Å². The molecular formula is C18H17BrN2OS. The summed E-state index contributed by atoms with van der Waals surface area (Å²) in [4.78, 5) is 6.06. The van der Waals surface area contributed by atoms with Crippen LogP contribution in [0.3, 0.4) is 0 Å². The highest BCUT2D eigenvalue weighted by Gasteiger charge is 2.13. The van der Waals surface area contributed by atoms with Gasteiger partial charge in [-0.3, -0.25) is 0 Å². The summed E-state index contributed by atoms with van der Waals surface area (Å²) in [6.07, 6.45) is 0.955. The second-order valence-corrected chi connectivity index (χ2v) is 6.92. The molecule has 1 N–H and O–H groups in total. The summed E-state index contributed by atoms with van der Waals surface area (Å²) in [5.41, 5.74) is 3.17.